The van der Waals surface area contributed by atoms with E-state index < -0.39 is 8.07 Å². The Morgan fingerprint density at radius 3 is 2.29 bits per heavy atom. The van der Waals surface area contributed by atoms with Gasteiger partial charge in [0.05, 0.1) is 0 Å². The Morgan fingerprint density at radius 2 is 1.71 bits per heavy atom. The van der Waals surface area contributed by atoms with E-state index >= 15 is 0 Å². The topological polar surface area (TPSA) is 0 Å². The average molecular weight is 202 g/mol. The van der Waals surface area contributed by atoms with Crippen LogP contribution in [0.3, 0.4) is 0 Å². The van der Waals surface area contributed by atoms with Crippen LogP contribution in [0.2, 0.25) is 19.6 Å². The fourth-order valence-electron chi connectivity index (χ4n) is 1.13. The zero-order chi connectivity index (χ0) is 10.8. The zero-order valence-electron chi connectivity index (χ0n) is 9.73. The lowest BCUT2D eigenvalue weighted by Crippen LogP contribution is -2.16. The van der Waals surface area contributed by atoms with Crippen molar-refractivity contribution in [1.29, 1.82) is 0 Å². The lowest BCUT2D eigenvalue weighted by atomic mass is 10.1. The molecule has 0 aliphatic rings. The van der Waals surface area contributed by atoms with Gasteiger partial charge in [-0.15, -0.1) is 5.54 Å². The molecule has 0 saturated carbocycles. The summed E-state index contributed by atoms with van der Waals surface area (Å²) in [5.74, 6) is 3.31. The van der Waals surface area contributed by atoms with E-state index in [1.54, 1.807) is 0 Å². The van der Waals surface area contributed by atoms with E-state index in [1.165, 1.54) is 16.7 Å². The molecule has 0 spiro atoms. The predicted molar refractivity (Wildman–Crippen MR) is 66.1 cm³/mol. The van der Waals surface area contributed by atoms with Gasteiger partial charge < -0.3 is 0 Å². The van der Waals surface area contributed by atoms with E-state index in [4.69, 9.17) is 0 Å². The normalized spacial score (nSPS) is 10.6. The molecule has 0 radical (unpaired) electrons. The van der Waals surface area contributed by atoms with Gasteiger partial charge in [-0.1, -0.05) is 37.7 Å². The molecule has 74 valence electrons. The summed E-state index contributed by atoms with van der Waals surface area (Å²) >= 11 is 0. The smallest absolute Gasteiger partial charge is 0.127 e. The molecule has 1 aromatic carbocycles. The van der Waals surface area contributed by atoms with E-state index in [9.17, 15) is 0 Å². The standard InChI is InChI=1S/C13H18Si/c1-11-6-7-12(2)13(10-11)8-9-14(3,4)5/h6-7,10H,1-5H3. The summed E-state index contributed by atoms with van der Waals surface area (Å²) in [7, 11) is -1.24. The number of aryl methyl sites for hydroxylation is 2. The predicted octanol–water partition coefficient (Wildman–Crippen LogP) is 3.53. The van der Waals surface area contributed by atoms with Crippen molar-refractivity contribution < 1.29 is 0 Å². The second-order valence-electron chi connectivity index (χ2n) is 4.82. The van der Waals surface area contributed by atoms with Gasteiger partial charge >= 0.3 is 0 Å². The van der Waals surface area contributed by atoms with Crippen molar-refractivity contribution >= 4 is 8.07 Å². The summed E-state index contributed by atoms with van der Waals surface area (Å²) in [6.07, 6.45) is 0. The molecule has 0 aliphatic carbocycles. The third-order valence-electron chi connectivity index (χ3n) is 1.97. The fraction of sp³-hybridized carbons (Fsp3) is 0.385. The summed E-state index contributed by atoms with van der Waals surface area (Å²) in [5, 5.41) is 0. The van der Waals surface area contributed by atoms with Gasteiger partial charge in [0.2, 0.25) is 0 Å². The minimum absolute atomic E-state index is 1.19. The molecule has 1 aromatic rings. The third-order valence-corrected chi connectivity index (χ3v) is 2.84. The van der Waals surface area contributed by atoms with Crippen molar-refractivity contribution in [2.45, 2.75) is 33.5 Å². The van der Waals surface area contributed by atoms with Gasteiger partial charge in [-0.3, -0.25) is 0 Å². The maximum Gasteiger partial charge on any atom is 0.129 e. The SMILES string of the molecule is Cc1ccc(C)c(C#C[Si](C)(C)C)c1. The molecule has 0 unspecified atom stereocenters. The van der Waals surface area contributed by atoms with Crippen LogP contribution < -0.4 is 0 Å². The zero-order valence-corrected chi connectivity index (χ0v) is 10.7. The molecule has 0 saturated heterocycles. The van der Waals surface area contributed by atoms with E-state index in [1.807, 2.05) is 0 Å². The van der Waals surface area contributed by atoms with Crippen molar-refractivity contribution in [2.75, 3.05) is 0 Å². The monoisotopic (exact) mass is 202 g/mol. The highest BCUT2D eigenvalue weighted by Crippen LogP contribution is 2.09. The summed E-state index contributed by atoms with van der Waals surface area (Å²) < 4.78 is 0. The second kappa shape index (κ2) is 4.02. The highest BCUT2D eigenvalue weighted by molar-refractivity contribution is 6.83. The summed E-state index contributed by atoms with van der Waals surface area (Å²) in [4.78, 5) is 0. The molecule has 0 aliphatic heterocycles. The molecule has 0 nitrogen and oxygen atoms in total. The van der Waals surface area contributed by atoms with Crippen LogP contribution in [0.1, 0.15) is 16.7 Å². The van der Waals surface area contributed by atoms with Crippen LogP contribution in [0.15, 0.2) is 18.2 Å². The van der Waals surface area contributed by atoms with Gasteiger partial charge in [-0.2, -0.15) is 0 Å². The van der Waals surface area contributed by atoms with Crippen LogP contribution in [0.25, 0.3) is 0 Å². The highest BCUT2D eigenvalue weighted by atomic mass is 28.3. The molecular weight excluding hydrogens is 184 g/mol. The number of rotatable bonds is 0. The van der Waals surface area contributed by atoms with Crippen LogP contribution in [0, 0.1) is 25.3 Å². The first-order valence-corrected chi connectivity index (χ1v) is 8.49. The molecule has 14 heavy (non-hydrogen) atoms. The first-order valence-electron chi connectivity index (χ1n) is 4.99. The highest BCUT2D eigenvalue weighted by Gasteiger charge is 2.07. The van der Waals surface area contributed by atoms with Crippen molar-refractivity contribution in [3.05, 3.63) is 34.9 Å². The quantitative estimate of drug-likeness (QED) is 0.446. The molecule has 0 fully saturated rings. The summed E-state index contributed by atoms with van der Waals surface area (Å²) in [6.45, 7) is 11.0. The van der Waals surface area contributed by atoms with Crippen molar-refractivity contribution in [1.82, 2.24) is 0 Å². The molecule has 0 N–H and O–H groups in total. The number of hydrogen-bond donors (Lipinski definition) is 0. The molecule has 0 atom stereocenters. The third kappa shape index (κ3) is 3.39. The minimum Gasteiger partial charge on any atom is -0.127 e. The Morgan fingerprint density at radius 1 is 1.07 bits per heavy atom. The molecule has 0 bridgehead atoms. The summed E-state index contributed by atoms with van der Waals surface area (Å²) in [6, 6.07) is 6.45. The Balaban J connectivity index is 3.06. The fourth-order valence-corrected chi connectivity index (χ4v) is 1.64. The lowest BCUT2D eigenvalue weighted by molar-refractivity contribution is 1.37. The maximum atomic E-state index is 3.40. The van der Waals surface area contributed by atoms with Crippen LogP contribution in [0.4, 0.5) is 0 Å². The van der Waals surface area contributed by atoms with E-state index in [0.29, 0.717) is 0 Å². The van der Waals surface area contributed by atoms with Crippen LogP contribution in [0.5, 0.6) is 0 Å². The van der Waals surface area contributed by atoms with Gasteiger partial charge in [0.1, 0.15) is 8.07 Å². The van der Waals surface area contributed by atoms with Gasteiger partial charge in [0.15, 0.2) is 0 Å². The lowest BCUT2D eigenvalue weighted by Gasteiger charge is -2.04. The Hall–Kier alpha value is -1.00. The molecule has 0 aromatic heterocycles. The molecular formula is C13H18Si. The van der Waals surface area contributed by atoms with E-state index in [2.05, 4.69) is 63.2 Å². The maximum absolute atomic E-state index is 3.40. The van der Waals surface area contributed by atoms with Crippen molar-refractivity contribution in [3.8, 4) is 11.5 Å². The number of hydrogen-bond acceptors (Lipinski definition) is 0. The van der Waals surface area contributed by atoms with Gasteiger partial charge in [0, 0.05) is 5.56 Å². The van der Waals surface area contributed by atoms with Crippen LogP contribution >= 0.6 is 0 Å². The van der Waals surface area contributed by atoms with Crippen molar-refractivity contribution in [2.24, 2.45) is 0 Å². The molecule has 0 amide bonds. The molecule has 1 rings (SSSR count). The largest absolute Gasteiger partial charge is 0.129 e. The molecule has 1 heteroatoms. The van der Waals surface area contributed by atoms with E-state index in [0.717, 1.165) is 0 Å². The second-order valence-corrected chi connectivity index (χ2v) is 9.57. The van der Waals surface area contributed by atoms with Crippen LogP contribution in [-0.4, -0.2) is 8.07 Å². The van der Waals surface area contributed by atoms with Gasteiger partial charge in [-0.25, -0.2) is 0 Å². The average Bonchev–Trinajstić information content (AvgIpc) is 2.05. The van der Waals surface area contributed by atoms with Crippen LogP contribution in [-0.2, 0) is 0 Å². The van der Waals surface area contributed by atoms with E-state index in [-0.39, 0.29) is 0 Å². The Bertz CT molecular complexity index is 386. The molecule has 0 heterocycles. The first-order chi connectivity index (χ1) is 6.38. The Kier molecular flexibility index (Phi) is 3.18. The summed E-state index contributed by atoms with van der Waals surface area (Å²) in [5.41, 5.74) is 7.15. The number of benzene rings is 1. The van der Waals surface area contributed by atoms with Gasteiger partial charge in [-0.05, 0) is 31.0 Å². The van der Waals surface area contributed by atoms with Crippen molar-refractivity contribution in [3.63, 3.8) is 0 Å². The first kappa shape index (κ1) is 11.1. The Labute approximate surface area is 88.4 Å². The minimum atomic E-state index is -1.24. The van der Waals surface area contributed by atoms with Gasteiger partial charge in [0.25, 0.3) is 0 Å².